The quantitative estimate of drug-likeness (QED) is 0.901. The molecule has 0 radical (unpaired) electrons. The highest BCUT2D eigenvalue weighted by molar-refractivity contribution is 5.55. The molecule has 100 valence electrons. The van der Waals surface area contributed by atoms with Gasteiger partial charge in [-0.15, -0.1) is 0 Å². The molecule has 1 N–H and O–H groups in total. The second-order valence-electron chi connectivity index (χ2n) is 4.26. The number of nitrogens with zero attached hydrogens (tertiary/aromatic N) is 2. The number of ether oxygens (including phenoxy) is 3. The lowest BCUT2D eigenvalue weighted by Gasteiger charge is -2.13. The number of benzene rings is 1. The van der Waals surface area contributed by atoms with Crippen LogP contribution in [0.4, 0.5) is 0 Å². The Morgan fingerprint density at radius 1 is 1.42 bits per heavy atom. The minimum atomic E-state index is -0.844. The predicted octanol–water partition coefficient (Wildman–Crippen LogP) is 1.24. The summed E-state index contributed by atoms with van der Waals surface area (Å²) in [6.45, 7) is 0.160. The lowest BCUT2D eigenvalue weighted by Crippen LogP contribution is -2.07. The topological polar surface area (TPSA) is 65.7 Å². The lowest BCUT2D eigenvalue weighted by atomic mass is 10.1. The number of rotatable bonds is 3. The Morgan fingerprint density at radius 3 is 2.95 bits per heavy atom. The molecular formula is C13H14N2O4. The average Bonchev–Trinajstić information content (AvgIpc) is 3.04. The van der Waals surface area contributed by atoms with Gasteiger partial charge >= 0.3 is 0 Å². The van der Waals surface area contributed by atoms with Crippen molar-refractivity contribution >= 4 is 0 Å². The average molecular weight is 262 g/mol. The molecule has 1 aromatic heterocycles. The first-order chi connectivity index (χ1) is 9.20. The smallest absolute Gasteiger partial charge is 0.231 e. The summed E-state index contributed by atoms with van der Waals surface area (Å²) in [6.07, 6.45) is 2.58. The van der Waals surface area contributed by atoms with E-state index < -0.39 is 6.10 Å². The zero-order chi connectivity index (χ0) is 13.4. The monoisotopic (exact) mass is 262 g/mol. The summed E-state index contributed by atoms with van der Waals surface area (Å²) in [5.41, 5.74) is 0.649. The summed E-state index contributed by atoms with van der Waals surface area (Å²) in [5.74, 6) is 2.24. The van der Waals surface area contributed by atoms with Gasteiger partial charge in [-0.05, 0) is 17.7 Å². The number of imidazole rings is 1. The highest BCUT2D eigenvalue weighted by Crippen LogP contribution is 2.43. The molecule has 2 heterocycles. The lowest BCUT2D eigenvalue weighted by molar-refractivity contribution is 0.171. The molecule has 1 unspecified atom stereocenters. The van der Waals surface area contributed by atoms with Gasteiger partial charge in [0.2, 0.25) is 12.5 Å². The summed E-state index contributed by atoms with van der Waals surface area (Å²) in [5, 5.41) is 10.4. The maximum atomic E-state index is 10.4. The van der Waals surface area contributed by atoms with E-state index in [4.69, 9.17) is 14.2 Å². The molecule has 0 amide bonds. The van der Waals surface area contributed by atoms with Crippen molar-refractivity contribution in [2.45, 2.75) is 6.10 Å². The van der Waals surface area contributed by atoms with E-state index in [1.807, 2.05) is 7.05 Å². The third kappa shape index (κ3) is 1.90. The number of hydrogen-bond acceptors (Lipinski definition) is 5. The van der Waals surface area contributed by atoms with Gasteiger partial charge in [-0.1, -0.05) is 0 Å². The van der Waals surface area contributed by atoms with Crippen molar-refractivity contribution in [3.05, 3.63) is 35.9 Å². The fourth-order valence-electron chi connectivity index (χ4n) is 2.10. The van der Waals surface area contributed by atoms with Gasteiger partial charge in [0.1, 0.15) is 11.9 Å². The molecular weight excluding hydrogens is 248 g/mol. The van der Waals surface area contributed by atoms with E-state index in [0.29, 0.717) is 28.6 Å². The maximum Gasteiger partial charge on any atom is 0.231 e. The minimum Gasteiger partial charge on any atom is -0.493 e. The molecule has 0 bridgehead atoms. The van der Waals surface area contributed by atoms with Crippen molar-refractivity contribution in [3.63, 3.8) is 0 Å². The fraction of sp³-hybridized carbons (Fsp3) is 0.308. The van der Waals surface area contributed by atoms with Gasteiger partial charge in [-0.2, -0.15) is 0 Å². The van der Waals surface area contributed by atoms with Crippen molar-refractivity contribution in [3.8, 4) is 17.2 Å². The Morgan fingerprint density at radius 2 is 2.26 bits per heavy atom. The summed E-state index contributed by atoms with van der Waals surface area (Å²) >= 11 is 0. The SMILES string of the molecule is COc1cc(C(O)c2nccn2C)cc2c1OCO2. The normalized spacial score (nSPS) is 14.5. The molecule has 1 aromatic carbocycles. The van der Waals surface area contributed by atoms with E-state index in [-0.39, 0.29) is 6.79 Å². The Labute approximate surface area is 110 Å². The van der Waals surface area contributed by atoms with Crippen LogP contribution >= 0.6 is 0 Å². The van der Waals surface area contributed by atoms with E-state index in [0.717, 1.165) is 0 Å². The number of aliphatic hydroxyl groups excluding tert-OH is 1. The van der Waals surface area contributed by atoms with Crippen LogP contribution in [0.1, 0.15) is 17.5 Å². The molecule has 0 fully saturated rings. The van der Waals surface area contributed by atoms with Crippen LogP contribution in [0.25, 0.3) is 0 Å². The zero-order valence-corrected chi connectivity index (χ0v) is 10.7. The highest BCUT2D eigenvalue weighted by atomic mass is 16.7. The summed E-state index contributed by atoms with van der Waals surface area (Å²) in [6, 6.07) is 3.47. The highest BCUT2D eigenvalue weighted by Gasteiger charge is 2.24. The Hall–Kier alpha value is -2.21. The minimum absolute atomic E-state index is 0.160. The molecule has 1 aliphatic heterocycles. The van der Waals surface area contributed by atoms with E-state index in [1.165, 1.54) is 0 Å². The standard InChI is InChI=1S/C13H14N2O4/c1-15-4-3-14-13(15)11(16)8-5-9(17-2)12-10(6-8)18-7-19-12/h3-6,11,16H,7H2,1-2H3. The molecule has 0 saturated carbocycles. The van der Waals surface area contributed by atoms with Crippen LogP contribution in [-0.2, 0) is 7.05 Å². The van der Waals surface area contributed by atoms with Gasteiger partial charge in [0.15, 0.2) is 11.5 Å². The largest absolute Gasteiger partial charge is 0.493 e. The molecule has 6 heteroatoms. The van der Waals surface area contributed by atoms with Crippen LogP contribution in [0.3, 0.4) is 0 Å². The maximum absolute atomic E-state index is 10.4. The zero-order valence-electron chi connectivity index (χ0n) is 10.7. The molecule has 0 spiro atoms. The van der Waals surface area contributed by atoms with Crippen LogP contribution in [0.5, 0.6) is 17.2 Å². The first kappa shape index (κ1) is 11.9. The number of fused-ring (bicyclic) bond motifs is 1. The van der Waals surface area contributed by atoms with Gasteiger partial charge < -0.3 is 23.9 Å². The number of methoxy groups -OCH3 is 1. The molecule has 1 aliphatic rings. The van der Waals surface area contributed by atoms with Crippen LogP contribution < -0.4 is 14.2 Å². The van der Waals surface area contributed by atoms with Crippen molar-refractivity contribution in [2.24, 2.45) is 7.05 Å². The van der Waals surface area contributed by atoms with Gasteiger partial charge in [-0.25, -0.2) is 4.98 Å². The summed E-state index contributed by atoms with van der Waals surface area (Å²) in [7, 11) is 3.38. The Kier molecular flexibility index (Phi) is 2.79. The molecule has 3 rings (SSSR count). The third-order valence-corrected chi connectivity index (χ3v) is 3.10. The van der Waals surface area contributed by atoms with E-state index >= 15 is 0 Å². The third-order valence-electron chi connectivity index (χ3n) is 3.10. The molecule has 0 aliphatic carbocycles. The number of aryl methyl sites for hydroxylation is 1. The predicted molar refractivity (Wildman–Crippen MR) is 66.4 cm³/mol. The molecule has 1 atom stereocenters. The van der Waals surface area contributed by atoms with Crippen LogP contribution in [0.2, 0.25) is 0 Å². The van der Waals surface area contributed by atoms with Gasteiger partial charge in [0.25, 0.3) is 0 Å². The van der Waals surface area contributed by atoms with Crippen LogP contribution in [-0.4, -0.2) is 28.6 Å². The van der Waals surface area contributed by atoms with Gasteiger partial charge in [0, 0.05) is 19.4 Å². The van der Waals surface area contributed by atoms with E-state index in [2.05, 4.69) is 4.98 Å². The first-order valence-electron chi connectivity index (χ1n) is 5.83. The van der Waals surface area contributed by atoms with Crippen LogP contribution in [0, 0.1) is 0 Å². The van der Waals surface area contributed by atoms with Crippen molar-refractivity contribution in [2.75, 3.05) is 13.9 Å². The second-order valence-corrected chi connectivity index (χ2v) is 4.26. The number of hydrogen-bond donors (Lipinski definition) is 1. The fourth-order valence-corrected chi connectivity index (χ4v) is 2.10. The Balaban J connectivity index is 2.04. The van der Waals surface area contributed by atoms with E-state index in [9.17, 15) is 5.11 Å². The van der Waals surface area contributed by atoms with Crippen LogP contribution in [0.15, 0.2) is 24.5 Å². The van der Waals surface area contributed by atoms with Gasteiger partial charge in [-0.3, -0.25) is 0 Å². The second kappa shape index (κ2) is 4.47. The molecule has 19 heavy (non-hydrogen) atoms. The molecule has 2 aromatic rings. The van der Waals surface area contributed by atoms with Crippen molar-refractivity contribution < 1.29 is 19.3 Å². The van der Waals surface area contributed by atoms with Crippen molar-refractivity contribution in [1.82, 2.24) is 9.55 Å². The number of aliphatic hydroxyl groups is 1. The summed E-state index contributed by atoms with van der Waals surface area (Å²) in [4.78, 5) is 4.14. The molecule has 0 saturated heterocycles. The Bertz CT molecular complexity index is 609. The molecule has 6 nitrogen and oxygen atoms in total. The first-order valence-corrected chi connectivity index (χ1v) is 5.83. The van der Waals surface area contributed by atoms with E-state index in [1.54, 1.807) is 36.2 Å². The number of aromatic nitrogens is 2. The van der Waals surface area contributed by atoms with Crippen molar-refractivity contribution in [1.29, 1.82) is 0 Å². The van der Waals surface area contributed by atoms with Gasteiger partial charge in [0.05, 0.1) is 7.11 Å². The summed E-state index contributed by atoms with van der Waals surface area (Å²) < 4.78 is 17.7.